The predicted molar refractivity (Wildman–Crippen MR) is 103 cm³/mol. The van der Waals surface area contributed by atoms with Crippen LogP contribution in [0.15, 0.2) is 54.6 Å². The van der Waals surface area contributed by atoms with Crippen molar-refractivity contribution in [3.8, 4) is 17.1 Å². The number of para-hydroxylation sites is 1. The van der Waals surface area contributed by atoms with Gasteiger partial charge in [-0.15, -0.1) is 5.10 Å². The molecular formula is C20H20N4O4. The molecular weight excluding hydrogens is 360 g/mol. The van der Waals surface area contributed by atoms with Crippen molar-refractivity contribution in [2.24, 2.45) is 0 Å². The van der Waals surface area contributed by atoms with E-state index in [-0.39, 0.29) is 11.5 Å². The number of rotatable bonds is 8. The van der Waals surface area contributed by atoms with Gasteiger partial charge in [-0.05, 0) is 30.7 Å². The van der Waals surface area contributed by atoms with Gasteiger partial charge >= 0.3 is 5.97 Å². The van der Waals surface area contributed by atoms with E-state index < -0.39 is 16.8 Å². The van der Waals surface area contributed by atoms with Crippen molar-refractivity contribution >= 4 is 11.7 Å². The van der Waals surface area contributed by atoms with Gasteiger partial charge in [0.2, 0.25) is 0 Å². The minimum atomic E-state index is -0.964. The number of unbranched alkanes of at least 4 members (excludes halogenated alkanes) is 1. The zero-order valence-corrected chi connectivity index (χ0v) is 15.4. The summed E-state index contributed by atoms with van der Waals surface area (Å²) in [5.41, 5.74) is 1.32. The normalized spacial score (nSPS) is 11.9. The van der Waals surface area contributed by atoms with Crippen molar-refractivity contribution in [3.63, 3.8) is 0 Å². The SMILES string of the molecule is CCCC[C@H](C(=O)O)c1nc(-c2ccc([N+](=O)[O-])cc2)n(-c2ccccc2)n1. The molecule has 1 heterocycles. The lowest BCUT2D eigenvalue weighted by Gasteiger charge is -2.07. The van der Waals surface area contributed by atoms with Gasteiger partial charge in [0.15, 0.2) is 11.6 Å². The molecule has 28 heavy (non-hydrogen) atoms. The smallest absolute Gasteiger partial charge is 0.314 e. The van der Waals surface area contributed by atoms with Gasteiger partial charge in [0.05, 0.1) is 10.6 Å². The number of hydrogen-bond acceptors (Lipinski definition) is 5. The lowest BCUT2D eigenvalue weighted by molar-refractivity contribution is -0.384. The molecule has 3 aromatic rings. The van der Waals surface area contributed by atoms with Crippen LogP contribution in [-0.2, 0) is 4.79 Å². The Hall–Kier alpha value is -3.55. The van der Waals surface area contributed by atoms with Gasteiger partial charge in [-0.2, -0.15) is 0 Å². The second-order valence-electron chi connectivity index (χ2n) is 6.38. The zero-order valence-electron chi connectivity index (χ0n) is 15.4. The average Bonchev–Trinajstić information content (AvgIpc) is 3.14. The molecule has 0 saturated carbocycles. The number of nitro benzene ring substituents is 1. The first kappa shape index (κ1) is 19.2. The summed E-state index contributed by atoms with van der Waals surface area (Å²) in [6, 6.07) is 15.2. The van der Waals surface area contributed by atoms with E-state index in [1.54, 1.807) is 16.8 Å². The molecule has 0 saturated heterocycles. The summed E-state index contributed by atoms with van der Waals surface area (Å²) in [6.45, 7) is 2.00. The largest absolute Gasteiger partial charge is 0.481 e. The van der Waals surface area contributed by atoms with Gasteiger partial charge in [-0.1, -0.05) is 38.0 Å². The van der Waals surface area contributed by atoms with Crippen LogP contribution in [0.5, 0.6) is 0 Å². The van der Waals surface area contributed by atoms with Gasteiger partial charge in [-0.25, -0.2) is 9.67 Å². The van der Waals surface area contributed by atoms with E-state index in [0.29, 0.717) is 17.8 Å². The van der Waals surface area contributed by atoms with E-state index in [1.807, 2.05) is 37.3 Å². The van der Waals surface area contributed by atoms with Crippen molar-refractivity contribution in [2.75, 3.05) is 0 Å². The van der Waals surface area contributed by atoms with E-state index >= 15 is 0 Å². The molecule has 144 valence electrons. The molecule has 0 amide bonds. The Morgan fingerprint density at radius 2 is 1.86 bits per heavy atom. The highest BCUT2D eigenvalue weighted by Crippen LogP contribution is 2.27. The Kier molecular flexibility index (Phi) is 5.78. The maximum Gasteiger partial charge on any atom is 0.314 e. The number of carboxylic acid groups (broad SMARTS) is 1. The fourth-order valence-electron chi connectivity index (χ4n) is 2.92. The Morgan fingerprint density at radius 1 is 1.18 bits per heavy atom. The quantitative estimate of drug-likeness (QED) is 0.463. The molecule has 0 bridgehead atoms. The first-order chi connectivity index (χ1) is 13.5. The van der Waals surface area contributed by atoms with Crippen LogP contribution in [0, 0.1) is 10.1 Å². The summed E-state index contributed by atoms with van der Waals surface area (Å²) < 4.78 is 1.58. The summed E-state index contributed by atoms with van der Waals surface area (Å²) in [5.74, 6) is -1.09. The molecule has 8 heteroatoms. The van der Waals surface area contributed by atoms with Crippen LogP contribution in [-0.4, -0.2) is 30.8 Å². The van der Waals surface area contributed by atoms with Crippen LogP contribution in [0.25, 0.3) is 17.1 Å². The number of aromatic nitrogens is 3. The molecule has 1 atom stereocenters. The summed E-state index contributed by atoms with van der Waals surface area (Å²) in [6.07, 6.45) is 2.08. The van der Waals surface area contributed by atoms with Crippen LogP contribution in [0.4, 0.5) is 5.69 Å². The molecule has 0 aliphatic carbocycles. The Bertz CT molecular complexity index is 968. The van der Waals surface area contributed by atoms with Gasteiger partial charge in [-0.3, -0.25) is 14.9 Å². The molecule has 1 N–H and O–H groups in total. The standard InChI is InChI=1S/C20H20N4O4/c1-2-3-9-17(20(25)26)18-21-19(14-10-12-16(13-11-14)24(27)28)23(22-18)15-7-5-4-6-8-15/h4-8,10-13,17H,2-3,9H2,1H3,(H,25,26)/t17-/m0/s1. The maximum atomic E-state index is 11.8. The van der Waals surface area contributed by atoms with Crippen molar-refractivity contribution in [3.05, 3.63) is 70.5 Å². The van der Waals surface area contributed by atoms with Gasteiger partial charge < -0.3 is 5.11 Å². The number of hydrogen-bond donors (Lipinski definition) is 1. The summed E-state index contributed by atoms with van der Waals surface area (Å²) >= 11 is 0. The lowest BCUT2D eigenvalue weighted by Crippen LogP contribution is -2.13. The Labute approximate surface area is 161 Å². The molecule has 0 spiro atoms. The highest BCUT2D eigenvalue weighted by molar-refractivity contribution is 5.75. The fraction of sp³-hybridized carbons (Fsp3) is 0.250. The molecule has 0 aliphatic rings. The van der Waals surface area contributed by atoms with Crippen molar-refractivity contribution in [1.29, 1.82) is 0 Å². The van der Waals surface area contributed by atoms with Crippen LogP contribution in [0.1, 0.15) is 37.9 Å². The third-order valence-electron chi connectivity index (χ3n) is 4.42. The van der Waals surface area contributed by atoms with Crippen LogP contribution >= 0.6 is 0 Å². The minimum Gasteiger partial charge on any atom is -0.481 e. The first-order valence-corrected chi connectivity index (χ1v) is 9.01. The number of aliphatic carboxylic acids is 1. The van der Waals surface area contributed by atoms with Crippen LogP contribution in [0.3, 0.4) is 0 Å². The van der Waals surface area contributed by atoms with E-state index in [0.717, 1.165) is 18.5 Å². The summed E-state index contributed by atoms with van der Waals surface area (Å²) in [5, 5.41) is 25.0. The van der Waals surface area contributed by atoms with E-state index in [4.69, 9.17) is 0 Å². The third kappa shape index (κ3) is 4.06. The van der Waals surface area contributed by atoms with Crippen LogP contribution < -0.4 is 0 Å². The molecule has 2 aromatic carbocycles. The van der Waals surface area contributed by atoms with Gasteiger partial charge in [0, 0.05) is 17.7 Å². The number of nitrogens with zero attached hydrogens (tertiary/aromatic N) is 4. The molecule has 0 unspecified atom stereocenters. The number of carbonyl (C=O) groups is 1. The van der Waals surface area contributed by atoms with Crippen molar-refractivity contribution in [2.45, 2.75) is 32.1 Å². The number of non-ortho nitro benzene ring substituents is 1. The number of carboxylic acids is 1. The highest BCUT2D eigenvalue weighted by Gasteiger charge is 2.26. The molecule has 0 aliphatic heterocycles. The summed E-state index contributed by atoms with van der Waals surface area (Å²) in [7, 11) is 0. The Morgan fingerprint density at radius 3 is 2.43 bits per heavy atom. The minimum absolute atomic E-state index is 0.0268. The monoisotopic (exact) mass is 380 g/mol. The number of nitro groups is 1. The van der Waals surface area contributed by atoms with Crippen molar-refractivity contribution < 1.29 is 14.8 Å². The number of benzene rings is 2. The van der Waals surface area contributed by atoms with E-state index in [1.165, 1.54) is 12.1 Å². The second kappa shape index (κ2) is 8.43. The van der Waals surface area contributed by atoms with E-state index in [9.17, 15) is 20.0 Å². The third-order valence-corrected chi connectivity index (χ3v) is 4.42. The molecule has 8 nitrogen and oxygen atoms in total. The van der Waals surface area contributed by atoms with E-state index in [2.05, 4.69) is 10.1 Å². The van der Waals surface area contributed by atoms with Gasteiger partial charge in [0.1, 0.15) is 5.92 Å². The summed E-state index contributed by atoms with van der Waals surface area (Å²) in [4.78, 5) is 26.7. The highest BCUT2D eigenvalue weighted by atomic mass is 16.6. The van der Waals surface area contributed by atoms with Crippen molar-refractivity contribution in [1.82, 2.24) is 14.8 Å². The fourth-order valence-corrected chi connectivity index (χ4v) is 2.92. The Balaban J connectivity index is 2.10. The maximum absolute atomic E-state index is 11.8. The zero-order chi connectivity index (χ0) is 20.1. The molecule has 1 aromatic heterocycles. The topological polar surface area (TPSA) is 111 Å². The molecule has 0 fully saturated rings. The first-order valence-electron chi connectivity index (χ1n) is 9.01. The lowest BCUT2D eigenvalue weighted by atomic mass is 10.0. The molecule has 0 radical (unpaired) electrons. The van der Waals surface area contributed by atoms with Crippen LogP contribution in [0.2, 0.25) is 0 Å². The average molecular weight is 380 g/mol. The molecule has 3 rings (SSSR count). The second-order valence-corrected chi connectivity index (χ2v) is 6.38. The van der Waals surface area contributed by atoms with Gasteiger partial charge in [0.25, 0.3) is 5.69 Å². The predicted octanol–water partition coefficient (Wildman–Crippen LogP) is 4.20.